The van der Waals surface area contributed by atoms with E-state index in [2.05, 4.69) is 15.3 Å². The second-order valence-electron chi connectivity index (χ2n) is 6.26. The summed E-state index contributed by atoms with van der Waals surface area (Å²) in [5, 5.41) is 3.34. The van der Waals surface area contributed by atoms with Gasteiger partial charge in [0, 0.05) is 49.1 Å². The summed E-state index contributed by atoms with van der Waals surface area (Å²) in [5.41, 5.74) is 2.38. The van der Waals surface area contributed by atoms with Crippen LogP contribution >= 0.6 is 11.6 Å². The Morgan fingerprint density at radius 3 is 2.39 bits per heavy atom. The lowest BCUT2D eigenvalue weighted by Gasteiger charge is -2.17. The third kappa shape index (κ3) is 5.14. The Morgan fingerprint density at radius 2 is 1.68 bits per heavy atom. The van der Waals surface area contributed by atoms with E-state index in [9.17, 15) is 9.59 Å². The Labute approximate surface area is 168 Å². The molecule has 0 radical (unpaired) electrons. The molecular formula is C21H19ClN4O2. The lowest BCUT2D eigenvalue weighted by molar-refractivity contribution is 0.0796. The molecule has 0 aliphatic carbocycles. The summed E-state index contributed by atoms with van der Waals surface area (Å²) in [4.78, 5) is 34.7. The molecule has 0 spiro atoms. The topological polar surface area (TPSA) is 75.2 Å². The summed E-state index contributed by atoms with van der Waals surface area (Å²) in [6.07, 6.45) is 7.06. The second kappa shape index (κ2) is 9.10. The SMILES string of the molecule is CN(CCc1ccncc1)C(=O)c1cncc(C(=O)Nc2ccc(Cl)cc2)c1. The highest BCUT2D eigenvalue weighted by molar-refractivity contribution is 6.30. The van der Waals surface area contributed by atoms with Gasteiger partial charge in [0.05, 0.1) is 11.1 Å². The van der Waals surface area contributed by atoms with Crippen LogP contribution < -0.4 is 5.32 Å². The van der Waals surface area contributed by atoms with Crippen LogP contribution in [0.5, 0.6) is 0 Å². The predicted molar refractivity (Wildman–Crippen MR) is 109 cm³/mol. The zero-order valence-electron chi connectivity index (χ0n) is 15.3. The molecule has 6 nitrogen and oxygen atoms in total. The van der Waals surface area contributed by atoms with Crippen molar-refractivity contribution in [1.29, 1.82) is 0 Å². The number of nitrogens with zero attached hydrogens (tertiary/aromatic N) is 3. The molecule has 0 aliphatic rings. The lowest BCUT2D eigenvalue weighted by atomic mass is 10.1. The molecule has 0 aliphatic heterocycles. The molecule has 2 heterocycles. The van der Waals surface area contributed by atoms with Crippen LogP contribution in [0.4, 0.5) is 5.69 Å². The molecule has 1 aromatic carbocycles. The van der Waals surface area contributed by atoms with E-state index in [-0.39, 0.29) is 11.8 Å². The summed E-state index contributed by atoms with van der Waals surface area (Å²) >= 11 is 5.85. The number of carbonyl (C=O) groups is 2. The molecule has 0 saturated heterocycles. The number of benzene rings is 1. The van der Waals surface area contributed by atoms with Crippen molar-refractivity contribution in [2.75, 3.05) is 18.9 Å². The number of amides is 2. The molecule has 0 unspecified atom stereocenters. The third-order valence-electron chi connectivity index (χ3n) is 4.18. The van der Waals surface area contributed by atoms with E-state index < -0.39 is 0 Å². The lowest BCUT2D eigenvalue weighted by Crippen LogP contribution is -2.29. The average molecular weight is 395 g/mol. The summed E-state index contributed by atoms with van der Waals surface area (Å²) < 4.78 is 0. The zero-order valence-corrected chi connectivity index (χ0v) is 16.1. The maximum absolute atomic E-state index is 12.7. The number of anilines is 1. The number of carbonyl (C=O) groups excluding carboxylic acids is 2. The molecule has 0 atom stereocenters. The summed E-state index contributed by atoms with van der Waals surface area (Å²) in [5.74, 6) is -0.536. The molecular weight excluding hydrogens is 376 g/mol. The number of likely N-dealkylation sites (N-methyl/N-ethyl adjacent to an activating group) is 1. The van der Waals surface area contributed by atoms with Crippen LogP contribution in [0.2, 0.25) is 5.02 Å². The van der Waals surface area contributed by atoms with Crippen LogP contribution in [-0.2, 0) is 6.42 Å². The van der Waals surface area contributed by atoms with Crippen molar-refractivity contribution in [2.45, 2.75) is 6.42 Å². The quantitative estimate of drug-likeness (QED) is 0.691. The van der Waals surface area contributed by atoms with Crippen molar-refractivity contribution in [3.63, 3.8) is 0 Å². The van der Waals surface area contributed by atoms with Crippen LogP contribution in [0.3, 0.4) is 0 Å². The summed E-state index contributed by atoms with van der Waals surface area (Å²) in [6.45, 7) is 0.546. The van der Waals surface area contributed by atoms with Gasteiger partial charge in [-0.2, -0.15) is 0 Å². The standard InChI is InChI=1S/C21H19ClN4O2/c1-26(11-8-15-6-9-23-10-7-15)21(28)17-12-16(13-24-14-17)20(27)25-19-4-2-18(22)3-5-19/h2-7,9-10,12-14H,8,11H2,1H3,(H,25,27). The molecule has 28 heavy (non-hydrogen) atoms. The van der Waals surface area contributed by atoms with Gasteiger partial charge in [0.25, 0.3) is 11.8 Å². The van der Waals surface area contributed by atoms with Crippen LogP contribution in [0.15, 0.2) is 67.3 Å². The van der Waals surface area contributed by atoms with Crippen molar-refractivity contribution in [2.24, 2.45) is 0 Å². The fourth-order valence-corrected chi connectivity index (χ4v) is 2.71. The van der Waals surface area contributed by atoms with Crippen LogP contribution in [0.25, 0.3) is 0 Å². The van der Waals surface area contributed by atoms with E-state index in [1.165, 1.54) is 12.4 Å². The van der Waals surface area contributed by atoms with E-state index in [0.29, 0.717) is 28.4 Å². The monoisotopic (exact) mass is 394 g/mol. The Hall–Kier alpha value is -3.25. The smallest absolute Gasteiger partial charge is 0.257 e. The number of hydrogen-bond acceptors (Lipinski definition) is 4. The number of halogens is 1. The fourth-order valence-electron chi connectivity index (χ4n) is 2.59. The molecule has 0 fully saturated rings. The first-order valence-corrected chi connectivity index (χ1v) is 9.07. The maximum Gasteiger partial charge on any atom is 0.257 e. The van der Waals surface area contributed by atoms with Crippen molar-refractivity contribution < 1.29 is 9.59 Å². The highest BCUT2D eigenvalue weighted by atomic mass is 35.5. The Morgan fingerprint density at radius 1 is 1.00 bits per heavy atom. The minimum Gasteiger partial charge on any atom is -0.341 e. The van der Waals surface area contributed by atoms with Crippen molar-refractivity contribution in [3.05, 3.63) is 89.0 Å². The van der Waals surface area contributed by atoms with Crippen LogP contribution in [0, 0.1) is 0 Å². The second-order valence-corrected chi connectivity index (χ2v) is 6.69. The van der Waals surface area contributed by atoms with Crippen molar-refractivity contribution >= 4 is 29.1 Å². The van der Waals surface area contributed by atoms with Gasteiger partial charge >= 0.3 is 0 Å². The number of aromatic nitrogens is 2. The molecule has 142 valence electrons. The molecule has 2 aromatic heterocycles. The highest BCUT2D eigenvalue weighted by Crippen LogP contribution is 2.15. The minimum atomic E-state index is -0.344. The number of pyridine rings is 2. The molecule has 0 saturated carbocycles. The van der Waals surface area contributed by atoms with E-state index >= 15 is 0 Å². The normalized spacial score (nSPS) is 10.4. The van der Waals surface area contributed by atoms with E-state index in [4.69, 9.17) is 11.6 Å². The largest absolute Gasteiger partial charge is 0.341 e. The van der Waals surface area contributed by atoms with Gasteiger partial charge in [0.1, 0.15) is 0 Å². The molecule has 7 heteroatoms. The van der Waals surface area contributed by atoms with Crippen LogP contribution in [0.1, 0.15) is 26.3 Å². The molecule has 2 amide bonds. The first-order chi connectivity index (χ1) is 13.5. The average Bonchev–Trinajstić information content (AvgIpc) is 2.74. The van der Waals surface area contributed by atoms with E-state index in [0.717, 1.165) is 12.0 Å². The summed E-state index contributed by atoms with van der Waals surface area (Å²) in [7, 11) is 1.73. The Balaban J connectivity index is 1.65. The fraction of sp³-hybridized carbons (Fsp3) is 0.143. The van der Waals surface area contributed by atoms with Crippen molar-refractivity contribution in [1.82, 2.24) is 14.9 Å². The predicted octanol–water partition coefficient (Wildman–Crippen LogP) is 3.70. The molecule has 3 aromatic rings. The Bertz CT molecular complexity index is 962. The van der Waals surface area contributed by atoms with Gasteiger partial charge in [-0.05, 0) is 54.4 Å². The molecule has 3 rings (SSSR count). The zero-order chi connectivity index (χ0) is 19.9. The van der Waals surface area contributed by atoms with Gasteiger partial charge in [-0.1, -0.05) is 11.6 Å². The first kappa shape index (κ1) is 19.5. The number of hydrogen-bond donors (Lipinski definition) is 1. The van der Waals surface area contributed by atoms with Gasteiger partial charge in [0.2, 0.25) is 0 Å². The van der Waals surface area contributed by atoms with Gasteiger partial charge in [-0.25, -0.2) is 0 Å². The number of rotatable bonds is 6. The first-order valence-electron chi connectivity index (χ1n) is 8.69. The maximum atomic E-state index is 12.7. The van der Waals surface area contributed by atoms with Gasteiger partial charge < -0.3 is 10.2 Å². The molecule has 0 bridgehead atoms. The summed E-state index contributed by atoms with van der Waals surface area (Å²) in [6, 6.07) is 12.2. The van der Waals surface area contributed by atoms with E-state index in [1.807, 2.05) is 12.1 Å². The highest BCUT2D eigenvalue weighted by Gasteiger charge is 2.15. The minimum absolute atomic E-state index is 0.192. The third-order valence-corrected chi connectivity index (χ3v) is 4.43. The van der Waals surface area contributed by atoms with Gasteiger partial charge in [-0.3, -0.25) is 19.6 Å². The van der Waals surface area contributed by atoms with Crippen molar-refractivity contribution in [3.8, 4) is 0 Å². The Kier molecular flexibility index (Phi) is 6.34. The molecule has 1 N–H and O–H groups in total. The number of nitrogens with one attached hydrogen (secondary N) is 1. The van der Waals surface area contributed by atoms with E-state index in [1.54, 1.807) is 54.7 Å². The van der Waals surface area contributed by atoms with Gasteiger partial charge in [0.15, 0.2) is 0 Å². The van der Waals surface area contributed by atoms with Gasteiger partial charge in [-0.15, -0.1) is 0 Å². The van der Waals surface area contributed by atoms with Crippen LogP contribution in [-0.4, -0.2) is 40.3 Å².